The molecule has 0 amide bonds. The summed E-state index contributed by atoms with van der Waals surface area (Å²) in [6.07, 6.45) is 1.15. The first-order valence-electron chi connectivity index (χ1n) is 7.25. The van der Waals surface area contributed by atoms with Crippen molar-refractivity contribution in [3.05, 3.63) is 12.7 Å². The number of rotatable bonds is 4. The van der Waals surface area contributed by atoms with Gasteiger partial charge in [-0.3, -0.25) is 4.57 Å². The maximum Gasteiger partial charge on any atom is 0.167 e. The second-order valence-corrected chi connectivity index (χ2v) is 5.69. The molecule has 118 valence electrons. The number of ether oxygens (including phenoxy) is 1. The molecule has 2 aromatic heterocycles. The summed E-state index contributed by atoms with van der Waals surface area (Å²) in [6.45, 7) is -0.370. The molecule has 2 aliphatic rings. The first kappa shape index (κ1) is 13.8. The fourth-order valence-electron chi connectivity index (χ4n) is 2.67. The van der Waals surface area contributed by atoms with Gasteiger partial charge in [0.1, 0.15) is 24.6 Å². The van der Waals surface area contributed by atoms with E-state index in [0.29, 0.717) is 23.0 Å². The average Bonchev–Trinajstić information content (AvgIpc) is 3.16. The zero-order valence-corrected chi connectivity index (χ0v) is 11.7. The highest BCUT2D eigenvalue weighted by atomic mass is 16.6. The molecule has 9 nitrogen and oxygen atoms in total. The Morgan fingerprint density at radius 1 is 1.23 bits per heavy atom. The highest BCUT2D eigenvalue weighted by molar-refractivity contribution is 5.83. The molecule has 4 N–H and O–H groups in total. The van der Waals surface area contributed by atoms with Crippen molar-refractivity contribution in [1.29, 1.82) is 0 Å². The standard InChI is InChI=1S/C13H17N5O4/c19-3-7-9(20)10(21)13(22-7)18-5-16-8-11(17-6-1-2-6)14-4-15-12(8)18/h4-7,9-10,13,19-21H,1-3H2,(H,14,15,17)/t7-,9-,10?,13-/m1/s1. The SMILES string of the molecule is OC[C@H]1O[C@@H](n2cnc3c(NC4CC4)ncnc32)C(O)[C@@H]1O. The second-order valence-electron chi connectivity index (χ2n) is 5.69. The number of anilines is 1. The van der Waals surface area contributed by atoms with Crippen LogP contribution in [0.5, 0.6) is 0 Å². The van der Waals surface area contributed by atoms with Crippen LogP contribution in [0.1, 0.15) is 19.1 Å². The van der Waals surface area contributed by atoms with Gasteiger partial charge in [-0.1, -0.05) is 0 Å². The van der Waals surface area contributed by atoms with Crippen molar-refractivity contribution >= 4 is 17.0 Å². The summed E-state index contributed by atoms with van der Waals surface area (Å²) < 4.78 is 7.07. The zero-order valence-electron chi connectivity index (χ0n) is 11.7. The minimum absolute atomic E-state index is 0.370. The van der Waals surface area contributed by atoms with E-state index in [4.69, 9.17) is 4.74 Å². The molecule has 2 aromatic rings. The quantitative estimate of drug-likeness (QED) is 0.567. The molecule has 3 heterocycles. The van der Waals surface area contributed by atoms with Gasteiger partial charge in [0.15, 0.2) is 23.2 Å². The molecule has 1 aliphatic heterocycles. The molecule has 22 heavy (non-hydrogen) atoms. The summed E-state index contributed by atoms with van der Waals surface area (Å²) in [6, 6.07) is 0.428. The number of nitrogens with one attached hydrogen (secondary N) is 1. The van der Waals surface area contributed by atoms with Gasteiger partial charge in [-0.2, -0.15) is 0 Å². The van der Waals surface area contributed by atoms with E-state index in [-0.39, 0.29) is 6.61 Å². The lowest BCUT2D eigenvalue weighted by atomic mass is 10.1. The van der Waals surface area contributed by atoms with Crippen molar-refractivity contribution in [3.8, 4) is 0 Å². The number of imidazole rings is 1. The number of aromatic nitrogens is 4. The summed E-state index contributed by atoms with van der Waals surface area (Å²) in [5, 5.41) is 32.4. The fourth-order valence-corrected chi connectivity index (χ4v) is 2.67. The number of aliphatic hydroxyl groups is 3. The molecule has 0 spiro atoms. The topological polar surface area (TPSA) is 126 Å². The van der Waals surface area contributed by atoms with Crippen molar-refractivity contribution in [2.24, 2.45) is 0 Å². The lowest BCUT2D eigenvalue weighted by molar-refractivity contribution is -0.0511. The first-order chi connectivity index (χ1) is 10.7. The minimum Gasteiger partial charge on any atom is -0.394 e. The first-order valence-corrected chi connectivity index (χ1v) is 7.25. The maximum absolute atomic E-state index is 10.1. The summed E-state index contributed by atoms with van der Waals surface area (Å²) in [5.74, 6) is 0.651. The van der Waals surface area contributed by atoms with Crippen LogP contribution in [0.2, 0.25) is 0 Å². The predicted octanol–water partition coefficient (Wildman–Crippen LogP) is -0.988. The molecule has 2 fully saturated rings. The Balaban J connectivity index is 1.70. The number of nitrogens with zero attached hydrogens (tertiary/aromatic N) is 4. The molecule has 0 bridgehead atoms. The number of hydrogen-bond acceptors (Lipinski definition) is 8. The molecule has 1 saturated heterocycles. The van der Waals surface area contributed by atoms with E-state index < -0.39 is 24.5 Å². The van der Waals surface area contributed by atoms with Gasteiger partial charge in [-0.05, 0) is 12.8 Å². The van der Waals surface area contributed by atoms with Crippen LogP contribution in [0.3, 0.4) is 0 Å². The predicted molar refractivity (Wildman–Crippen MR) is 75.0 cm³/mol. The molecular formula is C13H17N5O4. The van der Waals surface area contributed by atoms with Crippen molar-refractivity contribution in [2.75, 3.05) is 11.9 Å². The van der Waals surface area contributed by atoms with Crippen LogP contribution in [-0.2, 0) is 4.74 Å². The van der Waals surface area contributed by atoms with E-state index >= 15 is 0 Å². The van der Waals surface area contributed by atoms with E-state index in [1.165, 1.54) is 12.7 Å². The highest BCUT2D eigenvalue weighted by Crippen LogP contribution is 2.33. The van der Waals surface area contributed by atoms with Crippen LogP contribution in [-0.4, -0.2) is 65.8 Å². The highest BCUT2D eigenvalue weighted by Gasteiger charge is 2.44. The van der Waals surface area contributed by atoms with Crippen molar-refractivity contribution in [3.63, 3.8) is 0 Å². The third-order valence-corrected chi connectivity index (χ3v) is 4.07. The number of fused-ring (bicyclic) bond motifs is 1. The molecule has 1 unspecified atom stereocenters. The van der Waals surface area contributed by atoms with Crippen molar-refractivity contribution < 1.29 is 20.1 Å². The summed E-state index contributed by atoms with van der Waals surface area (Å²) in [4.78, 5) is 12.7. The average molecular weight is 307 g/mol. The summed E-state index contributed by atoms with van der Waals surface area (Å²) >= 11 is 0. The van der Waals surface area contributed by atoms with E-state index in [1.54, 1.807) is 4.57 Å². The van der Waals surface area contributed by atoms with Crippen LogP contribution in [0.4, 0.5) is 5.82 Å². The lowest BCUT2D eigenvalue weighted by Crippen LogP contribution is -2.33. The van der Waals surface area contributed by atoms with Gasteiger partial charge < -0.3 is 25.4 Å². The van der Waals surface area contributed by atoms with Crippen LogP contribution in [0.15, 0.2) is 12.7 Å². The largest absolute Gasteiger partial charge is 0.394 e. The molecule has 1 aliphatic carbocycles. The van der Waals surface area contributed by atoms with Crippen molar-refractivity contribution in [1.82, 2.24) is 19.5 Å². The molecule has 9 heteroatoms. The van der Waals surface area contributed by atoms with Gasteiger partial charge in [-0.15, -0.1) is 0 Å². The molecule has 0 radical (unpaired) electrons. The van der Waals surface area contributed by atoms with Gasteiger partial charge in [0.2, 0.25) is 0 Å². The van der Waals surface area contributed by atoms with Crippen molar-refractivity contribution in [2.45, 2.75) is 43.4 Å². The van der Waals surface area contributed by atoms with Gasteiger partial charge in [-0.25, -0.2) is 15.0 Å². The Bertz CT molecular complexity index is 688. The van der Waals surface area contributed by atoms with Gasteiger partial charge >= 0.3 is 0 Å². The van der Waals surface area contributed by atoms with Crippen LogP contribution in [0.25, 0.3) is 11.2 Å². The molecule has 1 saturated carbocycles. The number of hydrogen-bond donors (Lipinski definition) is 4. The second kappa shape index (κ2) is 5.13. The maximum atomic E-state index is 10.1. The van der Waals surface area contributed by atoms with Crippen LogP contribution >= 0.6 is 0 Å². The van der Waals surface area contributed by atoms with Crippen LogP contribution in [0, 0.1) is 0 Å². The van der Waals surface area contributed by atoms with E-state index in [9.17, 15) is 15.3 Å². The minimum atomic E-state index is -1.16. The Hall–Kier alpha value is -1.81. The fraction of sp³-hybridized carbons (Fsp3) is 0.615. The smallest absolute Gasteiger partial charge is 0.167 e. The monoisotopic (exact) mass is 307 g/mol. The molecular weight excluding hydrogens is 290 g/mol. The third kappa shape index (κ3) is 2.13. The van der Waals surface area contributed by atoms with E-state index in [1.807, 2.05) is 0 Å². The Morgan fingerprint density at radius 2 is 2.05 bits per heavy atom. The zero-order chi connectivity index (χ0) is 15.3. The Morgan fingerprint density at radius 3 is 2.73 bits per heavy atom. The Kier molecular flexibility index (Phi) is 3.22. The Labute approximate surface area is 125 Å². The molecule has 4 rings (SSSR count). The van der Waals surface area contributed by atoms with Gasteiger partial charge in [0, 0.05) is 6.04 Å². The van der Waals surface area contributed by atoms with Crippen LogP contribution < -0.4 is 5.32 Å². The lowest BCUT2D eigenvalue weighted by Gasteiger charge is -2.16. The molecule has 0 aromatic carbocycles. The number of aliphatic hydroxyl groups excluding tert-OH is 3. The normalized spacial score (nSPS) is 31.8. The van der Waals surface area contributed by atoms with E-state index in [0.717, 1.165) is 12.8 Å². The summed E-state index contributed by atoms with van der Waals surface area (Å²) in [7, 11) is 0. The third-order valence-electron chi connectivity index (χ3n) is 4.07. The summed E-state index contributed by atoms with van der Waals surface area (Å²) in [5.41, 5.74) is 1.10. The van der Waals surface area contributed by atoms with Gasteiger partial charge in [0.05, 0.1) is 12.9 Å². The molecule has 4 atom stereocenters. The van der Waals surface area contributed by atoms with E-state index in [2.05, 4.69) is 20.3 Å². The van der Waals surface area contributed by atoms with Gasteiger partial charge in [0.25, 0.3) is 0 Å².